The van der Waals surface area contributed by atoms with Crippen molar-refractivity contribution in [2.45, 2.75) is 11.6 Å². The normalized spacial score (nSPS) is 16.4. The summed E-state index contributed by atoms with van der Waals surface area (Å²) in [6.07, 6.45) is 0. The van der Waals surface area contributed by atoms with Gasteiger partial charge in [-0.15, -0.1) is 0 Å². The van der Waals surface area contributed by atoms with E-state index in [0.717, 1.165) is 0 Å². The average molecular weight is 154 g/mol. The number of methoxy groups -OCH3 is 1. The topological polar surface area (TPSA) is 72.5 Å². The van der Waals surface area contributed by atoms with Crippen LogP contribution in [-0.2, 0) is 9.53 Å². The van der Waals surface area contributed by atoms with Crippen LogP contribution in [0.5, 0.6) is 0 Å². The Bertz CT molecular complexity index is 106. The fraction of sp³-hybridized carbons (Fsp3) is 0.750. The molecule has 0 aliphatic heterocycles. The van der Waals surface area contributed by atoms with Gasteiger partial charge in [0.15, 0.2) is 5.56 Å². The molecule has 2 atom stereocenters. The van der Waals surface area contributed by atoms with E-state index in [1.165, 1.54) is 7.11 Å². The number of rotatable bonds is 2. The zero-order chi connectivity index (χ0) is 7.44. The minimum absolute atomic E-state index is 0.725. The van der Waals surface area contributed by atoms with Crippen LogP contribution in [0.25, 0.3) is 0 Å². The molecule has 0 rings (SSSR count). The summed E-state index contributed by atoms with van der Waals surface area (Å²) >= 11 is 5.03. The van der Waals surface area contributed by atoms with Crippen LogP contribution < -0.4 is 5.73 Å². The van der Waals surface area contributed by atoms with Gasteiger partial charge >= 0.3 is 5.97 Å². The van der Waals surface area contributed by atoms with Crippen molar-refractivity contribution in [3.8, 4) is 0 Å². The van der Waals surface area contributed by atoms with Gasteiger partial charge in [0, 0.05) is 0 Å². The summed E-state index contributed by atoms with van der Waals surface area (Å²) in [6.45, 7) is 0. The Morgan fingerprint density at radius 1 is 1.89 bits per heavy atom. The highest BCUT2D eigenvalue weighted by Crippen LogP contribution is 1.96. The van der Waals surface area contributed by atoms with Crippen molar-refractivity contribution in [3.63, 3.8) is 0 Å². The Kier molecular flexibility index (Phi) is 3.53. The lowest BCUT2D eigenvalue weighted by molar-refractivity contribution is -0.143. The van der Waals surface area contributed by atoms with Crippen molar-refractivity contribution >= 4 is 17.6 Å². The number of carbonyl (C=O) groups is 1. The third kappa shape index (κ3) is 2.64. The first-order valence-corrected chi connectivity index (χ1v) is 2.68. The summed E-state index contributed by atoms with van der Waals surface area (Å²) in [5, 5.41) is 8.46. The number of nitrogens with two attached hydrogens (primary N) is 1. The van der Waals surface area contributed by atoms with E-state index in [-0.39, 0.29) is 0 Å². The van der Waals surface area contributed by atoms with Gasteiger partial charge in [0.2, 0.25) is 0 Å². The Balaban J connectivity index is 3.72. The summed E-state index contributed by atoms with van der Waals surface area (Å²) < 4.78 is 4.16. The SMILES string of the molecule is COC(=O)[C@@H](N)C(O)Cl. The second-order valence-corrected chi connectivity index (χ2v) is 1.87. The molecule has 4 nitrogen and oxygen atoms in total. The van der Waals surface area contributed by atoms with E-state index in [0.29, 0.717) is 0 Å². The number of halogens is 1. The Hall–Kier alpha value is -0.320. The van der Waals surface area contributed by atoms with E-state index >= 15 is 0 Å². The quantitative estimate of drug-likeness (QED) is 0.396. The second-order valence-electron chi connectivity index (χ2n) is 1.42. The minimum Gasteiger partial charge on any atom is -0.468 e. The van der Waals surface area contributed by atoms with Gasteiger partial charge in [0.25, 0.3) is 0 Å². The van der Waals surface area contributed by atoms with Gasteiger partial charge in [0.1, 0.15) is 6.04 Å². The molecule has 0 spiro atoms. The largest absolute Gasteiger partial charge is 0.468 e. The van der Waals surface area contributed by atoms with Crippen LogP contribution in [0, 0.1) is 0 Å². The van der Waals surface area contributed by atoms with Gasteiger partial charge in [-0.05, 0) is 0 Å². The monoisotopic (exact) mass is 153 g/mol. The van der Waals surface area contributed by atoms with Crippen molar-refractivity contribution in [1.82, 2.24) is 0 Å². The van der Waals surface area contributed by atoms with Gasteiger partial charge in [-0.2, -0.15) is 0 Å². The smallest absolute Gasteiger partial charge is 0.326 e. The van der Waals surface area contributed by atoms with Gasteiger partial charge in [-0.25, -0.2) is 0 Å². The number of alkyl halides is 1. The maximum Gasteiger partial charge on any atom is 0.326 e. The Morgan fingerprint density at radius 2 is 2.33 bits per heavy atom. The zero-order valence-corrected chi connectivity index (χ0v) is 5.63. The van der Waals surface area contributed by atoms with E-state index in [2.05, 4.69) is 4.74 Å². The van der Waals surface area contributed by atoms with Crippen molar-refractivity contribution in [3.05, 3.63) is 0 Å². The van der Waals surface area contributed by atoms with Gasteiger partial charge in [0.05, 0.1) is 7.11 Å². The van der Waals surface area contributed by atoms with Crippen LogP contribution in [0.15, 0.2) is 0 Å². The molecule has 3 N–H and O–H groups in total. The Labute approximate surface area is 57.5 Å². The molecule has 0 saturated carbocycles. The molecule has 0 aliphatic rings. The zero-order valence-electron chi connectivity index (χ0n) is 4.87. The second kappa shape index (κ2) is 3.66. The molecule has 0 aliphatic carbocycles. The number of aliphatic hydroxyl groups is 1. The molecular formula is C4H8ClNO3. The summed E-state index contributed by atoms with van der Waals surface area (Å²) in [7, 11) is 1.17. The first-order valence-electron chi connectivity index (χ1n) is 2.25. The number of esters is 1. The van der Waals surface area contributed by atoms with Crippen molar-refractivity contribution in [2.75, 3.05) is 7.11 Å². The molecule has 0 amide bonds. The highest BCUT2D eigenvalue weighted by atomic mass is 35.5. The number of ether oxygens (including phenoxy) is 1. The predicted molar refractivity (Wildman–Crippen MR) is 31.9 cm³/mol. The van der Waals surface area contributed by atoms with Gasteiger partial charge in [-0.3, -0.25) is 4.79 Å². The van der Waals surface area contributed by atoms with Crippen LogP contribution >= 0.6 is 11.6 Å². The molecular weight excluding hydrogens is 146 g/mol. The molecule has 0 fully saturated rings. The maximum atomic E-state index is 10.4. The third-order valence-electron chi connectivity index (χ3n) is 0.770. The standard InChI is InChI=1S/C4H8ClNO3/c1-9-4(8)2(6)3(5)7/h2-3,7H,6H2,1H3/t2-,3?/m0/s1. The van der Waals surface area contributed by atoms with Crippen LogP contribution in [0.4, 0.5) is 0 Å². The van der Waals surface area contributed by atoms with E-state index < -0.39 is 17.6 Å². The molecule has 0 aromatic rings. The van der Waals surface area contributed by atoms with E-state index in [1.54, 1.807) is 0 Å². The lowest BCUT2D eigenvalue weighted by atomic mass is 10.3. The number of hydrogen-bond donors (Lipinski definition) is 2. The van der Waals surface area contributed by atoms with Crippen LogP contribution in [0.1, 0.15) is 0 Å². The fourth-order valence-corrected chi connectivity index (χ4v) is 0.351. The highest BCUT2D eigenvalue weighted by Gasteiger charge is 2.20. The molecule has 0 aromatic carbocycles. The van der Waals surface area contributed by atoms with E-state index in [4.69, 9.17) is 22.4 Å². The molecule has 1 unspecified atom stereocenters. The predicted octanol–water partition coefficient (Wildman–Crippen LogP) is -0.956. The molecule has 0 aromatic heterocycles. The number of hydrogen-bond acceptors (Lipinski definition) is 4. The fourth-order valence-electron chi connectivity index (χ4n) is 0.248. The van der Waals surface area contributed by atoms with Crippen molar-refractivity contribution in [2.24, 2.45) is 5.73 Å². The highest BCUT2D eigenvalue weighted by molar-refractivity contribution is 6.21. The van der Waals surface area contributed by atoms with Gasteiger partial charge < -0.3 is 15.6 Å². The average Bonchev–Trinajstić information content (AvgIpc) is 1.84. The lowest BCUT2D eigenvalue weighted by Crippen LogP contribution is -2.39. The first kappa shape index (κ1) is 8.68. The van der Waals surface area contributed by atoms with Gasteiger partial charge in [-0.1, -0.05) is 11.6 Å². The lowest BCUT2D eigenvalue weighted by Gasteiger charge is -2.08. The molecule has 9 heavy (non-hydrogen) atoms. The summed E-state index contributed by atoms with van der Waals surface area (Å²) in [4.78, 5) is 10.4. The summed E-state index contributed by atoms with van der Waals surface area (Å²) in [6, 6.07) is -1.16. The van der Waals surface area contributed by atoms with Crippen molar-refractivity contribution < 1.29 is 14.6 Å². The molecule has 54 valence electrons. The van der Waals surface area contributed by atoms with E-state index in [1.807, 2.05) is 0 Å². The molecule has 0 radical (unpaired) electrons. The van der Waals surface area contributed by atoms with E-state index in [9.17, 15) is 4.79 Å². The molecule has 0 bridgehead atoms. The summed E-state index contributed by atoms with van der Waals surface area (Å²) in [5.41, 5.74) is 3.64. The maximum absolute atomic E-state index is 10.4. The summed E-state index contributed by atoms with van der Waals surface area (Å²) in [5.74, 6) is -0.725. The van der Waals surface area contributed by atoms with Crippen molar-refractivity contribution in [1.29, 1.82) is 0 Å². The van der Waals surface area contributed by atoms with Crippen LogP contribution in [0.2, 0.25) is 0 Å². The Morgan fingerprint density at radius 3 is 2.44 bits per heavy atom. The molecule has 0 heterocycles. The van der Waals surface area contributed by atoms with Crippen LogP contribution in [-0.4, -0.2) is 29.8 Å². The first-order chi connectivity index (χ1) is 4.09. The minimum atomic E-state index is -1.38. The van der Waals surface area contributed by atoms with Crippen LogP contribution in [0.3, 0.4) is 0 Å². The molecule has 5 heteroatoms. The third-order valence-corrected chi connectivity index (χ3v) is 1.04. The number of carbonyl (C=O) groups excluding carboxylic acids is 1. The number of aliphatic hydroxyl groups excluding tert-OH is 1. The molecule has 0 saturated heterocycles.